The summed E-state index contributed by atoms with van der Waals surface area (Å²) in [4.78, 5) is 0. The molecule has 1 saturated heterocycles. The second-order valence-corrected chi connectivity index (χ2v) is 6.92. The molecule has 1 saturated carbocycles. The number of anilines is 1. The van der Waals surface area contributed by atoms with E-state index < -0.39 is 0 Å². The van der Waals surface area contributed by atoms with Crippen LogP contribution in [0.2, 0.25) is 0 Å². The van der Waals surface area contributed by atoms with Crippen molar-refractivity contribution in [2.75, 3.05) is 11.9 Å². The van der Waals surface area contributed by atoms with Crippen molar-refractivity contribution in [3.05, 3.63) is 28.2 Å². The van der Waals surface area contributed by atoms with E-state index in [1.807, 2.05) is 0 Å². The Morgan fingerprint density at radius 3 is 2.94 bits per heavy atom. The average molecular weight is 310 g/mol. The Morgan fingerprint density at radius 1 is 1.39 bits per heavy atom. The molecule has 1 heterocycles. The van der Waals surface area contributed by atoms with Gasteiger partial charge in [-0.3, -0.25) is 0 Å². The van der Waals surface area contributed by atoms with Crippen LogP contribution in [0.4, 0.5) is 5.69 Å². The van der Waals surface area contributed by atoms with Gasteiger partial charge in [0.25, 0.3) is 0 Å². The number of fused-ring (bicyclic) bond motifs is 1. The van der Waals surface area contributed by atoms with Crippen LogP contribution in [0.25, 0.3) is 0 Å². The summed E-state index contributed by atoms with van der Waals surface area (Å²) in [6, 6.07) is 6.90. The zero-order chi connectivity index (χ0) is 12.9. The molecule has 3 rings (SSSR count). The molecule has 1 aliphatic heterocycles. The Morgan fingerprint density at radius 2 is 2.17 bits per heavy atom. The van der Waals surface area contributed by atoms with E-state index in [0.29, 0.717) is 18.1 Å². The van der Waals surface area contributed by atoms with E-state index in [1.165, 1.54) is 22.1 Å². The van der Waals surface area contributed by atoms with Crippen molar-refractivity contribution in [3.8, 4) is 0 Å². The quantitative estimate of drug-likeness (QED) is 0.892. The summed E-state index contributed by atoms with van der Waals surface area (Å²) in [5, 5.41) is 3.72. The third-order valence-corrected chi connectivity index (χ3v) is 5.66. The van der Waals surface area contributed by atoms with Gasteiger partial charge in [-0.1, -0.05) is 26.0 Å². The molecule has 3 atom stereocenters. The highest BCUT2D eigenvalue weighted by molar-refractivity contribution is 9.10. The van der Waals surface area contributed by atoms with Gasteiger partial charge in [-0.2, -0.15) is 0 Å². The Balaban J connectivity index is 1.83. The standard InChI is InChI=1S/C15H20BrNO/c1-9-5-4-6-11(12(9)16)17-13-10-7-8-18-14(10)15(13,2)3/h4-6,10,13-14,17H,7-8H2,1-3H3. The first-order chi connectivity index (χ1) is 8.51. The minimum Gasteiger partial charge on any atom is -0.380 e. The van der Waals surface area contributed by atoms with Crippen molar-refractivity contribution in [3.63, 3.8) is 0 Å². The normalized spacial score (nSPS) is 32.8. The molecule has 1 aromatic carbocycles. The highest BCUT2D eigenvalue weighted by atomic mass is 79.9. The lowest BCUT2D eigenvalue weighted by Gasteiger charge is -2.55. The van der Waals surface area contributed by atoms with Crippen LogP contribution in [0.3, 0.4) is 0 Å². The number of nitrogens with one attached hydrogen (secondary N) is 1. The number of benzene rings is 1. The molecule has 0 bridgehead atoms. The molecule has 0 aromatic heterocycles. The Bertz CT molecular complexity index is 472. The highest BCUT2D eigenvalue weighted by Crippen LogP contribution is 2.53. The fourth-order valence-electron chi connectivity index (χ4n) is 3.54. The molecule has 1 N–H and O–H groups in total. The van der Waals surface area contributed by atoms with E-state index >= 15 is 0 Å². The van der Waals surface area contributed by atoms with Crippen LogP contribution < -0.4 is 5.32 Å². The van der Waals surface area contributed by atoms with E-state index in [1.54, 1.807) is 0 Å². The summed E-state index contributed by atoms with van der Waals surface area (Å²) in [5.41, 5.74) is 2.71. The van der Waals surface area contributed by atoms with Crippen molar-refractivity contribution in [1.29, 1.82) is 0 Å². The lowest BCUT2D eigenvalue weighted by atomic mass is 9.57. The summed E-state index contributed by atoms with van der Waals surface area (Å²) in [5.74, 6) is 0.674. The first-order valence-electron chi connectivity index (χ1n) is 6.65. The third-order valence-electron chi connectivity index (χ3n) is 4.60. The van der Waals surface area contributed by atoms with Gasteiger partial charge in [-0.15, -0.1) is 0 Å². The van der Waals surface area contributed by atoms with Crippen molar-refractivity contribution in [1.82, 2.24) is 0 Å². The van der Waals surface area contributed by atoms with Gasteiger partial charge in [0.2, 0.25) is 0 Å². The number of aryl methyl sites for hydroxylation is 1. The Hall–Kier alpha value is -0.540. The molecule has 0 radical (unpaired) electrons. The maximum absolute atomic E-state index is 5.84. The van der Waals surface area contributed by atoms with Gasteiger partial charge in [-0.25, -0.2) is 0 Å². The molecule has 98 valence electrons. The highest BCUT2D eigenvalue weighted by Gasteiger charge is 2.59. The van der Waals surface area contributed by atoms with E-state index in [-0.39, 0.29) is 5.41 Å². The predicted molar refractivity (Wildman–Crippen MR) is 77.9 cm³/mol. The monoisotopic (exact) mass is 309 g/mol. The summed E-state index contributed by atoms with van der Waals surface area (Å²) < 4.78 is 7.02. The number of hydrogen-bond donors (Lipinski definition) is 1. The van der Waals surface area contributed by atoms with Crippen molar-refractivity contribution in [2.45, 2.75) is 39.3 Å². The molecule has 3 heteroatoms. The van der Waals surface area contributed by atoms with E-state index in [2.05, 4.69) is 60.2 Å². The van der Waals surface area contributed by atoms with E-state index in [9.17, 15) is 0 Å². The van der Waals surface area contributed by atoms with Crippen molar-refractivity contribution < 1.29 is 4.74 Å². The Kier molecular flexibility index (Phi) is 2.94. The number of rotatable bonds is 2. The summed E-state index contributed by atoms with van der Waals surface area (Å²) in [7, 11) is 0. The number of hydrogen-bond acceptors (Lipinski definition) is 2. The Labute approximate surface area is 117 Å². The van der Waals surface area contributed by atoms with Gasteiger partial charge in [0.05, 0.1) is 6.10 Å². The maximum Gasteiger partial charge on any atom is 0.0694 e. The summed E-state index contributed by atoms with van der Waals surface area (Å²) >= 11 is 3.68. The molecular formula is C15H20BrNO. The molecule has 2 nitrogen and oxygen atoms in total. The number of halogens is 1. The lowest BCUT2D eigenvalue weighted by molar-refractivity contribution is -0.0923. The van der Waals surface area contributed by atoms with Gasteiger partial charge in [0.1, 0.15) is 0 Å². The molecule has 1 aromatic rings. The van der Waals surface area contributed by atoms with Crippen LogP contribution >= 0.6 is 15.9 Å². The third kappa shape index (κ3) is 1.71. The second kappa shape index (κ2) is 4.24. The van der Waals surface area contributed by atoms with Crippen molar-refractivity contribution >= 4 is 21.6 Å². The second-order valence-electron chi connectivity index (χ2n) is 6.12. The maximum atomic E-state index is 5.84. The van der Waals surface area contributed by atoms with Gasteiger partial charge >= 0.3 is 0 Å². The molecule has 1 aliphatic carbocycles. The fraction of sp³-hybridized carbons (Fsp3) is 0.600. The SMILES string of the molecule is Cc1cccc(NC2C3CCOC3C2(C)C)c1Br. The largest absolute Gasteiger partial charge is 0.380 e. The van der Waals surface area contributed by atoms with Crippen LogP contribution in [-0.2, 0) is 4.74 Å². The van der Waals surface area contributed by atoms with Crippen LogP contribution in [0.15, 0.2) is 22.7 Å². The van der Waals surface area contributed by atoms with Gasteiger partial charge < -0.3 is 10.1 Å². The number of ether oxygens (including phenoxy) is 1. The minimum absolute atomic E-state index is 0.227. The molecule has 3 unspecified atom stereocenters. The average Bonchev–Trinajstić information content (AvgIpc) is 2.77. The summed E-state index contributed by atoms with van der Waals surface area (Å²) in [6.07, 6.45) is 1.63. The fourth-order valence-corrected chi connectivity index (χ4v) is 3.92. The first-order valence-corrected chi connectivity index (χ1v) is 7.44. The lowest BCUT2D eigenvalue weighted by Crippen LogP contribution is -2.63. The first kappa shape index (κ1) is 12.5. The van der Waals surface area contributed by atoms with Crippen molar-refractivity contribution in [2.24, 2.45) is 11.3 Å². The molecule has 0 amide bonds. The zero-order valence-corrected chi connectivity index (χ0v) is 12.8. The molecular weight excluding hydrogens is 290 g/mol. The molecule has 2 aliphatic rings. The molecule has 2 fully saturated rings. The molecule has 0 spiro atoms. The minimum atomic E-state index is 0.227. The van der Waals surface area contributed by atoms with Crippen LogP contribution in [0.1, 0.15) is 25.8 Å². The van der Waals surface area contributed by atoms with E-state index in [4.69, 9.17) is 4.74 Å². The van der Waals surface area contributed by atoms with Crippen LogP contribution in [0.5, 0.6) is 0 Å². The van der Waals surface area contributed by atoms with Gasteiger partial charge in [0.15, 0.2) is 0 Å². The molecule has 18 heavy (non-hydrogen) atoms. The van der Waals surface area contributed by atoms with Gasteiger partial charge in [-0.05, 0) is 40.9 Å². The van der Waals surface area contributed by atoms with Crippen LogP contribution in [-0.4, -0.2) is 18.8 Å². The predicted octanol–water partition coefficient (Wildman–Crippen LogP) is 3.98. The van der Waals surface area contributed by atoms with Gasteiger partial charge in [0, 0.05) is 34.1 Å². The summed E-state index contributed by atoms with van der Waals surface area (Å²) in [6.45, 7) is 7.66. The van der Waals surface area contributed by atoms with E-state index in [0.717, 1.165) is 6.61 Å². The topological polar surface area (TPSA) is 21.3 Å². The smallest absolute Gasteiger partial charge is 0.0694 e. The zero-order valence-electron chi connectivity index (χ0n) is 11.2. The van der Waals surface area contributed by atoms with Crippen LogP contribution in [0, 0.1) is 18.3 Å².